The Morgan fingerprint density at radius 3 is 3.05 bits per heavy atom. The molecule has 0 saturated carbocycles. The molecular formula is C14H15NO3S. The lowest BCUT2D eigenvalue weighted by Crippen LogP contribution is -2.37. The largest absolute Gasteiger partial charge is 0.465 e. The SMILES string of the molecule is C[C@@](O)(CNC(=O)/C=C/c1ccco1)c1ccsc1. The second-order valence-corrected chi connectivity index (χ2v) is 5.13. The third-order valence-electron chi connectivity index (χ3n) is 2.69. The lowest BCUT2D eigenvalue weighted by atomic mass is 9.99. The predicted molar refractivity (Wildman–Crippen MR) is 74.6 cm³/mol. The molecule has 0 aromatic carbocycles. The van der Waals surface area contributed by atoms with Gasteiger partial charge in [0.25, 0.3) is 0 Å². The van der Waals surface area contributed by atoms with E-state index in [0.717, 1.165) is 5.56 Å². The highest BCUT2D eigenvalue weighted by Gasteiger charge is 2.23. The standard InChI is InChI=1S/C14H15NO3S/c1-14(17,11-6-8-19-9-11)10-15-13(16)5-4-12-3-2-7-18-12/h2-9,17H,10H2,1H3,(H,15,16)/b5-4+/t14-/m1/s1. The van der Waals surface area contributed by atoms with E-state index in [9.17, 15) is 9.90 Å². The van der Waals surface area contributed by atoms with Crippen LogP contribution in [0.5, 0.6) is 0 Å². The number of hydrogen-bond acceptors (Lipinski definition) is 4. The van der Waals surface area contributed by atoms with Crippen molar-refractivity contribution in [1.29, 1.82) is 0 Å². The maximum Gasteiger partial charge on any atom is 0.244 e. The van der Waals surface area contributed by atoms with E-state index in [-0.39, 0.29) is 12.5 Å². The van der Waals surface area contributed by atoms with Crippen molar-refractivity contribution in [3.8, 4) is 0 Å². The van der Waals surface area contributed by atoms with E-state index in [0.29, 0.717) is 5.76 Å². The molecule has 0 bridgehead atoms. The van der Waals surface area contributed by atoms with E-state index in [1.54, 1.807) is 31.4 Å². The summed E-state index contributed by atoms with van der Waals surface area (Å²) in [5, 5.41) is 16.6. The predicted octanol–water partition coefficient (Wildman–Crippen LogP) is 2.38. The number of nitrogens with one attached hydrogen (secondary N) is 1. The number of aliphatic hydroxyl groups is 1. The third kappa shape index (κ3) is 3.81. The zero-order valence-corrected chi connectivity index (χ0v) is 11.3. The van der Waals surface area contributed by atoms with E-state index < -0.39 is 5.60 Å². The average molecular weight is 277 g/mol. The summed E-state index contributed by atoms with van der Waals surface area (Å²) in [7, 11) is 0. The molecule has 2 heterocycles. The van der Waals surface area contributed by atoms with Crippen LogP contribution in [0.2, 0.25) is 0 Å². The molecule has 1 atom stereocenters. The topological polar surface area (TPSA) is 62.5 Å². The van der Waals surface area contributed by atoms with Gasteiger partial charge in [-0.25, -0.2) is 0 Å². The molecule has 2 N–H and O–H groups in total. The van der Waals surface area contributed by atoms with Crippen LogP contribution in [0.1, 0.15) is 18.2 Å². The van der Waals surface area contributed by atoms with Crippen molar-refractivity contribution in [3.63, 3.8) is 0 Å². The molecule has 0 spiro atoms. The molecule has 4 nitrogen and oxygen atoms in total. The normalized spacial score (nSPS) is 14.4. The van der Waals surface area contributed by atoms with Gasteiger partial charge in [-0.15, -0.1) is 0 Å². The fourth-order valence-corrected chi connectivity index (χ4v) is 2.32. The Balaban J connectivity index is 1.87. The highest BCUT2D eigenvalue weighted by atomic mass is 32.1. The number of rotatable bonds is 5. The van der Waals surface area contributed by atoms with Gasteiger partial charge < -0.3 is 14.8 Å². The van der Waals surface area contributed by atoms with Crippen LogP contribution in [0, 0.1) is 0 Å². The maximum atomic E-state index is 11.6. The summed E-state index contributed by atoms with van der Waals surface area (Å²) in [5.74, 6) is 0.339. The summed E-state index contributed by atoms with van der Waals surface area (Å²) in [6.07, 6.45) is 4.50. The highest BCUT2D eigenvalue weighted by molar-refractivity contribution is 7.08. The van der Waals surface area contributed by atoms with Gasteiger partial charge in [0.05, 0.1) is 12.8 Å². The Morgan fingerprint density at radius 2 is 2.42 bits per heavy atom. The fourth-order valence-electron chi connectivity index (χ4n) is 1.54. The average Bonchev–Trinajstić information content (AvgIpc) is 3.06. The molecule has 0 radical (unpaired) electrons. The minimum atomic E-state index is -1.06. The van der Waals surface area contributed by atoms with Crippen molar-refractivity contribution in [2.75, 3.05) is 6.54 Å². The number of carbonyl (C=O) groups is 1. The smallest absolute Gasteiger partial charge is 0.244 e. The summed E-state index contributed by atoms with van der Waals surface area (Å²) < 4.78 is 5.07. The number of hydrogen-bond donors (Lipinski definition) is 2. The molecule has 0 aliphatic carbocycles. The van der Waals surface area contributed by atoms with Crippen molar-refractivity contribution >= 4 is 23.3 Å². The molecule has 0 saturated heterocycles. The van der Waals surface area contributed by atoms with Crippen LogP contribution < -0.4 is 5.32 Å². The Hall–Kier alpha value is -1.85. The quantitative estimate of drug-likeness (QED) is 0.825. The Bertz CT molecular complexity index is 541. The van der Waals surface area contributed by atoms with Crippen LogP contribution in [0.4, 0.5) is 0 Å². The number of thiophene rings is 1. The van der Waals surface area contributed by atoms with Crippen molar-refractivity contribution in [2.24, 2.45) is 0 Å². The first kappa shape index (κ1) is 13.6. The Kier molecular flexibility index (Phi) is 4.19. The minimum absolute atomic E-state index is 0.158. The van der Waals surface area contributed by atoms with E-state index in [1.165, 1.54) is 17.4 Å². The lowest BCUT2D eigenvalue weighted by Gasteiger charge is -2.22. The van der Waals surface area contributed by atoms with Crippen molar-refractivity contribution in [3.05, 3.63) is 52.6 Å². The van der Waals surface area contributed by atoms with Gasteiger partial charge in [0.2, 0.25) is 5.91 Å². The summed E-state index contributed by atoms with van der Waals surface area (Å²) in [4.78, 5) is 11.6. The molecule has 2 aromatic rings. The highest BCUT2D eigenvalue weighted by Crippen LogP contribution is 2.21. The van der Waals surface area contributed by atoms with Crippen LogP contribution in [0.25, 0.3) is 6.08 Å². The van der Waals surface area contributed by atoms with Crippen LogP contribution in [0.15, 0.2) is 45.7 Å². The molecule has 2 aromatic heterocycles. The molecule has 0 unspecified atom stereocenters. The number of furan rings is 1. The van der Waals surface area contributed by atoms with Gasteiger partial charge in [-0.2, -0.15) is 11.3 Å². The van der Waals surface area contributed by atoms with Crippen LogP contribution in [-0.2, 0) is 10.4 Å². The molecule has 0 fully saturated rings. The van der Waals surface area contributed by atoms with Crippen LogP contribution in [0.3, 0.4) is 0 Å². The molecule has 0 aliphatic rings. The maximum absolute atomic E-state index is 11.6. The van der Waals surface area contributed by atoms with E-state index in [2.05, 4.69) is 5.32 Å². The molecule has 19 heavy (non-hydrogen) atoms. The lowest BCUT2D eigenvalue weighted by molar-refractivity contribution is -0.117. The third-order valence-corrected chi connectivity index (χ3v) is 3.38. The van der Waals surface area contributed by atoms with Gasteiger partial charge in [0.1, 0.15) is 11.4 Å². The Labute approximate surface area is 115 Å². The van der Waals surface area contributed by atoms with E-state index in [4.69, 9.17) is 4.42 Å². The van der Waals surface area contributed by atoms with Crippen molar-refractivity contribution < 1.29 is 14.3 Å². The van der Waals surface area contributed by atoms with Gasteiger partial charge >= 0.3 is 0 Å². The van der Waals surface area contributed by atoms with E-state index in [1.807, 2.05) is 16.8 Å². The zero-order valence-electron chi connectivity index (χ0n) is 10.5. The summed E-state index contributed by atoms with van der Waals surface area (Å²) in [5.41, 5.74) is -0.262. The molecule has 0 aliphatic heterocycles. The van der Waals surface area contributed by atoms with Gasteiger partial charge in [-0.3, -0.25) is 4.79 Å². The number of amides is 1. The first-order valence-corrected chi connectivity index (χ1v) is 6.77. The zero-order chi connectivity index (χ0) is 13.7. The van der Waals surface area contributed by atoms with E-state index >= 15 is 0 Å². The number of carbonyl (C=O) groups excluding carboxylic acids is 1. The van der Waals surface area contributed by atoms with Crippen LogP contribution in [-0.4, -0.2) is 17.6 Å². The van der Waals surface area contributed by atoms with Gasteiger partial charge in [0, 0.05) is 6.08 Å². The first-order chi connectivity index (χ1) is 9.08. The summed E-state index contributed by atoms with van der Waals surface area (Å²) in [6, 6.07) is 5.35. The molecule has 1 amide bonds. The fraction of sp³-hybridized carbons (Fsp3) is 0.214. The first-order valence-electron chi connectivity index (χ1n) is 5.82. The summed E-state index contributed by atoms with van der Waals surface area (Å²) >= 11 is 1.51. The second kappa shape index (κ2) is 5.86. The van der Waals surface area contributed by atoms with Gasteiger partial charge in [0.15, 0.2) is 0 Å². The molecule has 2 rings (SSSR count). The minimum Gasteiger partial charge on any atom is -0.465 e. The van der Waals surface area contributed by atoms with Crippen LogP contribution >= 0.6 is 11.3 Å². The molecule has 100 valence electrons. The second-order valence-electron chi connectivity index (χ2n) is 4.35. The van der Waals surface area contributed by atoms with Gasteiger partial charge in [-0.05, 0) is 47.5 Å². The molecular weight excluding hydrogens is 262 g/mol. The van der Waals surface area contributed by atoms with Crippen molar-refractivity contribution in [1.82, 2.24) is 5.32 Å². The van der Waals surface area contributed by atoms with Gasteiger partial charge in [-0.1, -0.05) is 0 Å². The molecule has 5 heteroatoms. The van der Waals surface area contributed by atoms with Crippen molar-refractivity contribution in [2.45, 2.75) is 12.5 Å². The Morgan fingerprint density at radius 1 is 1.58 bits per heavy atom. The summed E-state index contributed by atoms with van der Waals surface area (Å²) in [6.45, 7) is 1.83. The monoisotopic (exact) mass is 277 g/mol.